The predicted octanol–water partition coefficient (Wildman–Crippen LogP) is 3.14. The van der Waals surface area contributed by atoms with Crippen LogP contribution in [0.15, 0.2) is 41.4 Å². The van der Waals surface area contributed by atoms with Crippen molar-refractivity contribution in [2.45, 2.75) is 38.3 Å². The highest BCUT2D eigenvalue weighted by Gasteiger charge is 2.19. The summed E-state index contributed by atoms with van der Waals surface area (Å²) in [7, 11) is 0. The van der Waals surface area contributed by atoms with Crippen LogP contribution in [0.1, 0.15) is 41.4 Å². The maximum atomic E-state index is 12.6. The molecule has 6 nitrogen and oxygen atoms in total. The standard InChI is InChI=1S/C20H25N3O3S/c1-3-4-10-21-19(26)18-15(12-24)11-14(2)22-20(18)27-13-17(25)23-16-8-6-5-7-9-16/h5-9,11,24H,3-4,10,12-13H2,1-2H3,(H,21,26)(H,23,25). The van der Waals surface area contributed by atoms with E-state index in [9.17, 15) is 14.7 Å². The van der Waals surface area contributed by atoms with Crippen molar-refractivity contribution in [2.75, 3.05) is 17.6 Å². The molecular weight excluding hydrogens is 362 g/mol. The van der Waals surface area contributed by atoms with E-state index in [0.29, 0.717) is 34.1 Å². The number of hydrogen-bond donors (Lipinski definition) is 3. The first-order valence-electron chi connectivity index (χ1n) is 8.92. The summed E-state index contributed by atoms with van der Waals surface area (Å²) in [5.41, 5.74) is 2.27. The Morgan fingerprint density at radius 2 is 1.96 bits per heavy atom. The van der Waals surface area contributed by atoms with Gasteiger partial charge in [-0.2, -0.15) is 0 Å². The Morgan fingerprint density at radius 1 is 1.22 bits per heavy atom. The summed E-state index contributed by atoms with van der Waals surface area (Å²) in [5, 5.41) is 15.8. The number of carbonyl (C=O) groups excluding carboxylic acids is 2. The summed E-state index contributed by atoms with van der Waals surface area (Å²) in [4.78, 5) is 29.2. The van der Waals surface area contributed by atoms with E-state index in [4.69, 9.17) is 0 Å². The minimum Gasteiger partial charge on any atom is -0.392 e. The van der Waals surface area contributed by atoms with E-state index < -0.39 is 0 Å². The van der Waals surface area contributed by atoms with Gasteiger partial charge in [0.05, 0.1) is 17.9 Å². The molecule has 144 valence electrons. The molecule has 3 N–H and O–H groups in total. The number of hydrogen-bond acceptors (Lipinski definition) is 5. The number of nitrogens with zero attached hydrogens (tertiary/aromatic N) is 1. The normalized spacial score (nSPS) is 10.5. The molecule has 0 aliphatic rings. The Labute approximate surface area is 163 Å². The first-order valence-corrected chi connectivity index (χ1v) is 9.91. The van der Waals surface area contributed by atoms with Gasteiger partial charge in [0.15, 0.2) is 0 Å². The van der Waals surface area contributed by atoms with E-state index in [1.165, 1.54) is 11.8 Å². The minimum atomic E-state index is -0.272. The number of anilines is 1. The lowest BCUT2D eigenvalue weighted by Gasteiger charge is -2.14. The minimum absolute atomic E-state index is 0.117. The molecule has 7 heteroatoms. The van der Waals surface area contributed by atoms with Gasteiger partial charge in [-0.05, 0) is 37.1 Å². The van der Waals surface area contributed by atoms with Crippen molar-refractivity contribution in [1.29, 1.82) is 0 Å². The zero-order chi connectivity index (χ0) is 19.6. The molecule has 27 heavy (non-hydrogen) atoms. The van der Waals surface area contributed by atoms with Gasteiger partial charge in [0.1, 0.15) is 5.03 Å². The number of aromatic nitrogens is 1. The van der Waals surface area contributed by atoms with Crippen LogP contribution in [-0.2, 0) is 11.4 Å². The van der Waals surface area contributed by atoms with Crippen LogP contribution in [0.3, 0.4) is 0 Å². The van der Waals surface area contributed by atoms with E-state index in [2.05, 4.69) is 15.6 Å². The Bertz CT molecular complexity index is 782. The molecule has 0 saturated heterocycles. The molecule has 1 heterocycles. The molecular formula is C20H25N3O3S. The average molecular weight is 388 g/mol. The van der Waals surface area contributed by atoms with Gasteiger partial charge in [-0.3, -0.25) is 9.59 Å². The van der Waals surface area contributed by atoms with Gasteiger partial charge in [-0.15, -0.1) is 0 Å². The summed E-state index contributed by atoms with van der Waals surface area (Å²) < 4.78 is 0. The van der Waals surface area contributed by atoms with Crippen LogP contribution in [0.5, 0.6) is 0 Å². The molecule has 0 aliphatic carbocycles. The first-order chi connectivity index (χ1) is 13.0. The molecule has 2 rings (SSSR count). The van der Waals surface area contributed by atoms with Crippen LogP contribution in [0.2, 0.25) is 0 Å². The van der Waals surface area contributed by atoms with Gasteiger partial charge >= 0.3 is 0 Å². The quantitative estimate of drug-likeness (QED) is 0.454. The van der Waals surface area contributed by atoms with Gasteiger partial charge in [-0.25, -0.2) is 4.98 Å². The van der Waals surface area contributed by atoms with Crippen LogP contribution in [0.4, 0.5) is 5.69 Å². The van der Waals surface area contributed by atoms with Crippen molar-refractivity contribution < 1.29 is 14.7 Å². The summed E-state index contributed by atoms with van der Waals surface area (Å²) in [6.07, 6.45) is 1.85. The molecule has 1 aromatic heterocycles. The number of amides is 2. The number of aryl methyl sites for hydroxylation is 1. The molecule has 0 spiro atoms. The van der Waals surface area contributed by atoms with Crippen molar-refractivity contribution in [3.05, 3.63) is 53.2 Å². The zero-order valence-electron chi connectivity index (χ0n) is 15.6. The Kier molecular flexibility index (Phi) is 8.29. The summed E-state index contributed by atoms with van der Waals surface area (Å²) >= 11 is 1.19. The van der Waals surface area contributed by atoms with Crippen molar-refractivity contribution in [1.82, 2.24) is 10.3 Å². The van der Waals surface area contributed by atoms with Gasteiger partial charge in [-0.1, -0.05) is 43.3 Å². The van der Waals surface area contributed by atoms with Gasteiger partial charge in [0.25, 0.3) is 5.91 Å². The topological polar surface area (TPSA) is 91.3 Å². The lowest BCUT2D eigenvalue weighted by Crippen LogP contribution is -2.27. The highest BCUT2D eigenvalue weighted by molar-refractivity contribution is 8.00. The van der Waals surface area contributed by atoms with E-state index in [1.54, 1.807) is 13.0 Å². The van der Waals surface area contributed by atoms with Crippen molar-refractivity contribution in [3.8, 4) is 0 Å². The average Bonchev–Trinajstić information content (AvgIpc) is 2.66. The largest absolute Gasteiger partial charge is 0.392 e. The second-order valence-electron chi connectivity index (χ2n) is 6.07. The fraction of sp³-hybridized carbons (Fsp3) is 0.350. The van der Waals surface area contributed by atoms with Crippen LogP contribution in [0, 0.1) is 6.92 Å². The second-order valence-corrected chi connectivity index (χ2v) is 7.04. The number of benzene rings is 1. The number of pyridine rings is 1. The molecule has 1 aromatic carbocycles. The van der Waals surface area contributed by atoms with Crippen LogP contribution in [0.25, 0.3) is 0 Å². The third kappa shape index (κ3) is 6.37. The molecule has 2 aromatic rings. The molecule has 0 fully saturated rings. The summed E-state index contributed by atoms with van der Waals surface area (Å²) in [6, 6.07) is 10.9. The molecule has 0 atom stereocenters. The van der Waals surface area contributed by atoms with E-state index in [1.807, 2.05) is 37.3 Å². The monoisotopic (exact) mass is 387 g/mol. The molecule has 0 aliphatic heterocycles. The number of unbranched alkanes of at least 4 members (excludes halogenated alkanes) is 1. The molecule has 0 bridgehead atoms. The first kappa shape index (κ1) is 20.9. The molecule has 0 unspecified atom stereocenters. The second kappa shape index (κ2) is 10.7. The SMILES string of the molecule is CCCCNC(=O)c1c(CO)cc(C)nc1SCC(=O)Nc1ccccc1. The third-order valence-corrected chi connectivity index (χ3v) is 4.78. The molecule has 0 radical (unpaired) electrons. The van der Waals surface area contributed by atoms with Crippen LogP contribution >= 0.6 is 11.8 Å². The number of rotatable bonds is 9. The van der Waals surface area contributed by atoms with E-state index in [-0.39, 0.29) is 24.2 Å². The fourth-order valence-electron chi connectivity index (χ4n) is 2.50. The van der Waals surface area contributed by atoms with Crippen molar-refractivity contribution in [3.63, 3.8) is 0 Å². The van der Waals surface area contributed by atoms with Gasteiger partial charge in [0, 0.05) is 17.9 Å². The highest BCUT2D eigenvalue weighted by Crippen LogP contribution is 2.25. The Hall–Kier alpha value is -2.38. The van der Waals surface area contributed by atoms with Crippen LogP contribution < -0.4 is 10.6 Å². The van der Waals surface area contributed by atoms with Crippen LogP contribution in [-0.4, -0.2) is 34.2 Å². The predicted molar refractivity (Wildman–Crippen MR) is 108 cm³/mol. The number of aliphatic hydroxyl groups excluding tert-OH is 1. The van der Waals surface area contributed by atoms with Crippen molar-refractivity contribution >= 4 is 29.3 Å². The van der Waals surface area contributed by atoms with E-state index >= 15 is 0 Å². The number of aliphatic hydroxyl groups is 1. The summed E-state index contributed by atoms with van der Waals surface area (Å²) in [5.74, 6) is -0.339. The Balaban J connectivity index is 2.13. The highest BCUT2D eigenvalue weighted by atomic mass is 32.2. The number of para-hydroxylation sites is 1. The van der Waals surface area contributed by atoms with Crippen molar-refractivity contribution in [2.24, 2.45) is 0 Å². The number of nitrogens with one attached hydrogen (secondary N) is 2. The lowest BCUT2D eigenvalue weighted by atomic mass is 10.1. The zero-order valence-corrected chi connectivity index (χ0v) is 16.4. The molecule has 2 amide bonds. The maximum Gasteiger partial charge on any atom is 0.254 e. The summed E-state index contributed by atoms with van der Waals surface area (Å²) in [6.45, 7) is 4.15. The third-order valence-electron chi connectivity index (χ3n) is 3.81. The number of carbonyl (C=O) groups is 2. The Morgan fingerprint density at radius 3 is 2.63 bits per heavy atom. The van der Waals surface area contributed by atoms with Gasteiger partial charge in [0.2, 0.25) is 5.91 Å². The maximum absolute atomic E-state index is 12.6. The fourth-order valence-corrected chi connectivity index (χ4v) is 3.42. The number of thioether (sulfide) groups is 1. The lowest BCUT2D eigenvalue weighted by molar-refractivity contribution is -0.113. The smallest absolute Gasteiger partial charge is 0.254 e. The van der Waals surface area contributed by atoms with Gasteiger partial charge < -0.3 is 15.7 Å². The van der Waals surface area contributed by atoms with E-state index in [0.717, 1.165) is 12.8 Å². The molecule has 0 saturated carbocycles.